The van der Waals surface area contributed by atoms with Crippen LogP contribution in [0, 0.1) is 0 Å². The Morgan fingerprint density at radius 2 is 2.20 bits per heavy atom. The highest BCUT2D eigenvalue weighted by molar-refractivity contribution is 5.77. The van der Waals surface area contributed by atoms with E-state index in [0.29, 0.717) is 5.75 Å². The molecule has 15 heavy (non-hydrogen) atoms. The molecular formula is C11H16N2O2. The summed E-state index contributed by atoms with van der Waals surface area (Å²) in [6.45, 7) is 1.89. The van der Waals surface area contributed by atoms with Crippen molar-refractivity contribution in [3.8, 4) is 5.75 Å². The van der Waals surface area contributed by atoms with E-state index < -0.39 is 0 Å². The molecule has 82 valence electrons. The minimum absolute atomic E-state index is 0.0141. The van der Waals surface area contributed by atoms with Crippen molar-refractivity contribution in [3.05, 3.63) is 29.8 Å². The number of carbonyl (C=O) groups excluding carboxylic acids is 1. The first-order valence-electron chi connectivity index (χ1n) is 4.83. The lowest BCUT2D eigenvalue weighted by molar-refractivity contribution is -0.122. The van der Waals surface area contributed by atoms with Crippen LogP contribution in [-0.4, -0.2) is 19.6 Å². The average molecular weight is 208 g/mol. The molecule has 1 amide bonds. The van der Waals surface area contributed by atoms with E-state index >= 15 is 0 Å². The van der Waals surface area contributed by atoms with Crippen LogP contribution >= 0.6 is 0 Å². The summed E-state index contributed by atoms with van der Waals surface area (Å²) in [7, 11) is 1.57. The molecule has 0 fully saturated rings. The second-order valence-corrected chi connectivity index (χ2v) is 3.29. The summed E-state index contributed by atoms with van der Waals surface area (Å²) in [6.07, 6.45) is 0. The molecule has 0 saturated heterocycles. The average Bonchev–Trinajstić information content (AvgIpc) is 2.26. The fourth-order valence-corrected chi connectivity index (χ4v) is 1.20. The molecule has 4 nitrogen and oxygen atoms in total. The molecule has 0 radical (unpaired) electrons. The lowest BCUT2D eigenvalue weighted by Gasteiger charge is -2.12. The van der Waals surface area contributed by atoms with Crippen LogP contribution in [0.1, 0.15) is 18.5 Å². The summed E-state index contributed by atoms with van der Waals surface area (Å²) in [4.78, 5) is 11.0. The maximum Gasteiger partial charge on any atom is 0.257 e. The molecule has 1 aromatic rings. The first kappa shape index (κ1) is 11.5. The van der Waals surface area contributed by atoms with E-state index in [4.69, 9.17) is 10.5 Å². The second kappa shape index (κ2) is 5.36. The van der Waals surface area contributed by atoms with Crippen molar-refractivity contribution in [3.63, 3.8) is 0 Å². The number of amides is 1. The van der Waals surface area contributed by atoms with Crippen LogP contribution in [0.3, 0.4) is 0 Å². The summed E-state index contributed by atoms with van der Waals surface area (Å²) in [5.41, 5.74) is 6.68. The van der Waals surface area contributed by atoms with Crippen LogP contribution in [0.2, 0.25) is 0 Å². The van der Waals surface area contributed by atoms with E-state index in [9.17, 15) is 4.79 Å². The van der Waals surface area contributed by atoms with Crippen molar-refractivity contribution in [1.82, 2.24) is 5.32 Å². The predicted octanol–water partition coefficient (Wildman–Crippen LogP) is 0.831. The number of benzene rings is 1. The molecule has 1 atom stereocenters. The second-order valence-electron chi connectivity index (χ2n) is 3.29. The summed E-state index contributed by atoms with van der Waals surface area (Å²) >= 11 is 0. The predicted molar refractivity (Wildman–Crippen MR) is 58.6 cm³/mol. The van der Waals surface area contributed by atoms with Gasteiger partial charge in [0.2, 0.25) is 0 Å². The third kappa shape index (κ3) is 3.25. The van der Waals surface area contributed by atoms with E-state index in [1.165, 1.54) is 0 Å². The maximum absolute atomic E-state index is 11.0. The number of para-hydroxylation sites is 1. The zero-order valence-electron chi connectivity index (χ0n) is 8.99. The highest BCUT2D eigenvalue weighted by Crippen LogP contribution is 2.22. The van der Waals surface area contributed by atoms with Crippen molar-refractivity contribution < 1.29 is 9.53 Å². The molecule has 0 aliphatic rings. The van der Waals surface area contributed by atoms with Crippen molar-refractivity contribution in [1.29, 1.82) is 0 Å². The zero-order chi connectivity index (χ0) is 11.3. The zero-order valence-corrected chi connectivity index (χ0v) is 8.99. The van der Waals surface area contributed by atoms with Crippen LogP contribution in [0.5, 0.6) is 5.75 Å². The number of rotatable bonds is 4. The number of nitrogens with one attached hydrogen (secondary N) is 1. The molecule has 0 aliphatic carbocycles. The van der Waals surface area contributed by atoms with Crippen molar-refractivity contribution in [2.75, 3.05) is 13.7 Å². The topological polar surface area (TPSA) is 64.3 Å². The molecule has 0 heterocycles. The Hall–Kier alpha value is -1.55. The minimum atomic E-state index is -0.158. The molecule has 0 aromatic heterocycles. The lowest BCUT2D eigenvalue weighted by atomic mass is 10.1. The molecular weight excluding hydrogens is 192 g/mol. The molecule has 0 spiro atoms. The van der Waals surface area contributed by atoms with Gasteiger partial charge in [0.05, 0.1) is 0 Å². The molecule has 0 bridgehead atoms. The summed E-state index contributed by atoms with van der Waals surface area (Å²) in [5.74, 6) is 0.505. The van der Waals surface area contributed by atoms with Gasteiger partial charge in [0.25, 0.3) is 5.91 Å². The molecule has 0 saturated carbocycles. The van der Waals surface area contributed by atoms with Crippen LogP contribution in [0.25, 0.3) is 0 Å². The molecule has 0 aliphatic heterocycles. The Kier molecular flexibility index (Phi) is 4.12. The molecule has 4 heteroatoms. The van der Waals surface area contributed by atoms with Crippen molar-refractivity contribution >= 4 is 5.91 Å². The van der Waals surface area contributed by atoms with Crippen LogP contribution < -0.4 is 15.8 Å². The molecule has 1 aromatic carbocycles. The molecule has 1 unspecified atom stereocenters. The van der Waals surface area contributed by atoms with Crippen molar-refractivity contribution in [2.24, 2.45) is 5.73 Å². The van der Waals surface area contributed by atoms with Crippen LogP contribution in [0.15, 0.2) is 24.3 Å². The van der Waals surface area contributed by atoms with Gasteiger partial charge in [0.1, 0.15) is 5.75 Å². The van der Waals surface area contributed by atoms with Gasteiger partial charge in [-0.15, -0.1) is 0 Å². The van der Waals surface area contributed by atoms with Gasteiger partial charge in [-0.2, -0.15) is 0 Å². The van der Waals surface area contributed by atoms with Crippen LogP contribution in [0.4, 0.5) is 0 Å². The van der Waals surface area contributed by atoms with E-state index in [1.807, 2.05) is 31.2 Å². The molecule has 3 N–H and O–H groups in total. The van der Waals surface area contributed by atoms with E-state index in [2.05, 4.69) is 5.32 Å². The quantitative estimate of drug-likeness (QED) is 0.770. The Bertz CT molecular complexity index is 337. The van der Waals surface area contributed by atoms with Gasteiger partial charge in [-0.1, -0.05) is 18.2 Å². The minimum Gasteiger partial charge on any atom is -0.483 e. The Labute approximate surface area is 89.4 Å². The number of ether oxygens (including phenoxy) is 1. The van der Waals surface area contributed by atoms with Crippen molar-refractivity contribution in [2.45, 2.75) is 13.0 Å². The normalized spacial score (nSPS) is 11.9. The fourth-order valence-electron chi connectivity index (χ4n) is 1.20. The number of likely N-dealkylation sites (N-methyl/N-ethyl adjacent to an activating group) is 1. The lowest BCUT2D eigenvalue weighted by Crippen LogP contribution is -2.25. The first-order valence-corrected chi connectivity index (χ1v) is 4.83. The number of hydrogen-bond donors (Lipinski definition) is 2. The number of hydrogen-bond acceptors (Lipinski definition) is 3. The van der Waals surface area contributed by atoms with Gasteiger partial charge in [-0.05, 0) is 13.0 Å². The highest BCUT2D eigenvalue weighted by Gasteiger charge is 2.08. The monoisotopic (exact) mass is 208 g/mol. The maximum atomic E-state index is 11.0. The summed E-state index contributed by atoms with van der Waals surface area (Å²) < 4.78 is 5.36. The Balaban J connectivity index is 2.71. The first-order chi connectivity index (χ1) is 7.15. The highest BCUT2D eigenvalue weighted by atomic mass is 16.5. The number of carbonyl (C=O) groups is 1. The van der Waals surface area contributed by atoms with E-state index in [-0.39, 0.29) is 18.6 Å². The summed E-state index contributed by atoms with van der Waals surface area (Å²) in [6, 6.07) is 7.34. The van der Waals surface area contributed by atoms with E-state index in [1.54, 1.807) is 7.05 Å². The third-order valence-corrected chi connectivity index (χ3v) is 2.05. The Morgan fingerprint density at radius 3 is 2.80 bits per heavy atom. The van der Waals surface area contributed by atoms with Crippen LogP contribution in [-0.2, 0) is 4.79 Å². The smallest absolute Gasteiger partial charge is 0.257 e. The molecule has 1 rings (SSSR count). The number of nitrogens with two attached hydrogens (primary N) is 1. The third-order valence-electron chi connectivity index (χ3n) is 2.05. The van der Waals surface area contributed by atoms with Gasteiger partial charge in [-0.3, -0.25) is 4.79 Å². The van der Waals surface area contributed by atoms with Gasteiger partial charge in [-0.25, -0.2) is 0 Å². The fraction of sp³-hybridized carbons (Fsp3) is 0.364. The van der Waals surface area contributed by atoms with E-state index in [0.717, 1.165) is 5.56 Å². The van der Waals surface area contributed by atoms with Gasteiger partial charge >= 0.3 is 0 Å². The van der Waals surface area contributed by atoms with Gasteiger partial charge in [0.15, 0.2) is 6.61 Å². The van der Waals surface area contributed by atoms with Gasteiger partial charge in [0, 0.05) is 18.7 Å². The largest absolute Gasteiger partial charge is 0.483 e. The SMILES string of the molecule is CNC(=O)COc1ccccc1C(C)N. The van der Waals surface area contributed by atoms with Gasteiger partial charge < -0.3 is 15.8 Å². The standard InChI is InChI=1S/C11H16N2O2/c1-8(12)9-5-3-4-6-10(9)15-7-11(14)13-2/h3-6,8H,7,12H2,1-2H3,(H,13,14). The summed E-state index contributed by atoms with van der Waals surface area (Å²) in [5, 5.41) is 2.49. The Morgan fingerprint density at radius 1 is 1.53 bits per heavy atom.